The highest BCUT2D eigenvalue weighted by molar-refractivity contribution is 7.10. The van der Waals surface area contributed by atoms with Gasteiger partial charge in [0.15, 0.2) is 0 Å². The molecule has 0 saturated carbocycles. The van der Waals surface area contributed by atoms with Gasteiger partial charge in [0.25, 0.3) is 0 Å². The largest absolute Gasteiger partial charge is 0.491 e. The average Bonchev–Trinajstić information content (AvgIpc) is 3.38. The SMILES string of the molecule is COCCCN(CC(=O)N1CCc2sccc2[C@@H]1COc1ccc(Cl)c(C)c1)C(=O)Cc1ccccc1. The number of aryl methyl sites for hydroxylation is 1. The molecule has 8 heteroatoms. The molecule has 1 aliphatic rings. The van der Waals surface area contributed by atoms with Crippen molar-refractivity contribution in [1.82, 2.24) is 9.80 Å². The lowest BCUT2D eigenvalue weighted by atomic mass is 10.00. The minimum atomic E-state index is -0.219. The van der Waals surface area contributed by atoms with Crippen molar-refractivity contribution >= 4 is 34.8 Å². The van der Waals surface area contributed by atoms with Crippen molar-refractivity contribution in [2.75, 3.05) is 40.0 Å². The molecule has 0 spiro atoms. The Balaban J connectivity index is 1.49. The first kappa shape index (κ1) is 27.2. The molecule has 0 radical (unpaired) electrons. The highest BCUT2D eigenvalue weighted by atomic mass is 35.5. The number of ether oxygens (including phenoxy) is 2. The quantitative estimate of drug-likeness (QED) is 0.309. The Kier molecular flexibility index (Phi) is 9.61. The molecule has 0 saturated heterocycles. The molecule has 0 fully saturated rings. The second kappa shape index (κ2) is 13.1. The predicted octanol–water partition coefficient (Wildman–Crippen LogP) is 5.32. The maximum atomic E-state index is 13.7. The lowest BCUT2D eigenvalue weighted by Crippen LogP contribution is -2.48. The van der Waals surface area contributed by atoms with E-state index in [1.807, 2.05) is 60.4 Å². The first-order valence-corrected chi connectivity index (χ1v) is 13.8. The first-order chi connectivity index (χ1) is 18.0. The van der Waals surface area contributed by atoms with E-state index in [1.54, 1.807) is 23.3 Å². The maximum absolute atomic E-state index is 13.7. The number of nitrogens with zero attached hydrogens (tertiary/aromatic N) is 2. The Bertz CT molecular complexity index is 1200. The van der Waals surface area contributed by atoms with E-state index in [4.69, 9.17) is 21.1 Å². The Morgan fingerprint density at radius 3 is 2.73 bits per heavy atom. The zero-order valence-corrected chi connectivity index (χ0v) is 22.9. The third-order valence-electron chi connectivity index (χ3n) is 6.61. The molecule has 1 aliphatic heterocycles. The van der Waals surface area contributed by atoms with Gasteiger partial charge in [-0.15, -0.1) is 11.3 Å². The van der Waals surface area contributed by atoms with Crippen molar-refractivity contribution in [2.45, 2.75) is 32.2 Å². The molecule has 196 valence electrons. The minimum absolute atomic E-state index is 0.0331. The number of hydrogen-bond donors (Lipinski definition) is 0. The Labute approximate surface area is 227 Å². The zero-order valence-electron chi connectivity index (χ0n) is 21.3. The third kappa shape index (κ3) is 7.12. The van der Waals surface area contributed by atoms with Gasteiger partial charge in [-0.25, -0.2) is 0 Å². The van der Waals surface area contributed by atoms with Gasteiger partial charge in [-0.3, -0.25) is 9.59 Å². The summed E-state index contributed by atoms with van der Waals surface area (Å²) in [6.07, 6.45) is 1.73. The van der Waals surface area contributed by atoms with E-state index >= 15 is 0 Å². The monoisotopic (exact) mass is 540 g/mol. The van der Waals surface area contributed by atoms with Crippen molar-refractivity contribution < 1.29 is 19.1 Å². The fourth-order valence-electron chi connectivity index (χ4n) is 4.58. The first-order valence-electron chi connectivity index (χ1n) is 12.5. The summed E-state index contributed by atoms with van der Waals surface area (Å²) in [4.78, 5) is 31.7. The van der Waals surface area contributed by atoms with Crippen LogP contribution in [0.2, 0.25) is 5.02 Å². The van der Waals surface area contributed by atoms with Gasteiger partial charge in [-0.2, -0.15) is 0 Å². The van der Waals surface area contributed by atoms with Crippen LogP contribution in [0.4, 0.5) is 0 Å². The van der Waals surface area contributed by atoms with Gasteiger partial charge >= 0.3 is 0 Å². The molecular formula is C29H33ClN2O4S. The summed E-state index contributed by atoms with van der Waals surface area (Å²) in [5.74, 6) is 0.584. The van der Waals surface area contributed by atoms with E-state index in [0.29, 0.717) is 37.7 Å². The molecule has 6 nitrogen and oxygen atoms in total. The molecular weight excluding hydrogens is 508 g/mol. The number of carbonyl (C=O) groups excluding carboxylic acids is 2. The zero-order chi connectivity index (χ0) is 26.2. The van der Waals surface area contributed by atoms with Crippen molar-refractivity contribution in [2.24, 2.45) is 0 Å². The van der Waals surface area contributed by atoms with Gasteiger partial charge in [-0.1, -0.05) is 41.9 Å². The van der Waals surface area contributed by atoms with Crippen LogP contribution in [0.3, 0.4) is 0 Å². The van der Waals surface area contributed by atoms with Gasteiger partial charge in [0.1, 0.15) is 12.4 Å². The number of methoxy groups -OCH3 is 1. The van der Waals surface area contributed by atoms with E-state index in [0.717, 1.165) is 28.9 Å². The molecule has 0 bridgehead atoms. The molecule has 4 rings (SSSR count). The highest BCUT2D eigenvalue weighted by Crippen LogP contribution is 2.34. The third-order valence-corrected chi connectivity index (χ3v) is 8.03. The van der Waals surface area contributed by atoms with Crippen LogP contribution in [0.1, 0.15) is 34.0 Å². The summed E-state index contributed by atoms with van der Waals surface area (Å²) in [6, 6.07) is 17.1. The van der Waals surface area contributed by atoms with Crippen LogP contribution >= 0.6 is 22.9 Å². The molecule has 0 aliphatic carbocycles. The molecule has 37 heavy (non-hydrogen) atoms. The number of hydrogen-bond acceptors (Lipinski definition) is 5. The molecule has 2 amide bonds. The van der Waals surface area contributed by atoms with E-state index < -0.39 is 0 Å². The van der Waals surface area contributed by atoms with Crippen molar-refractivity contribution in [3.8, 4) is 5.75 Å². The second-order valence-electron chi connectivity index (χ2n) is 9.20. The lowest BCUT2D eigenvalue weighted by molar-refractivity contribution is -0.142. The molecule has 1 aromatic heterocycles. The Hall–Kier alpha value is -2.87. The van der Waals surface area contributed by atoms with Crippen molar-refractivity contribution in [3.05, 3.63) is 86.6 Å². The Morgan fingerprint density at radius 1 is 1.16 bits per heavy atom. The normalized spacial score (nSPS) is 14.8. The second-order valence-corrected chi connectivity index (χ2v) is 10.6. The summed E-state index contributed by atoms with van der Waals surface area (Å²) < 4.78 is 11.3. The van der Waals surface area contributed by atoms with Crippen LogP contribution in [0.5, 0.6) is 5.75 Å². The van der Waals surface area contributed by atoms with E-state index in [1.165, 1.54) is 4.88 Å². The summed E-state index contributed by atoms with van der Waals surface area (Å²) in [5, 5.41) is 2.76. The van der Waals surface area contributed by atoms with Crippen LogP contribution < -0.4 is 4.74 Å². The minimum Gasteiger partial charge on any atom is -0.491 e. The number of amides is 2. The van der Waals surface area contributed by atoms with Gasteiger partial charge in [0, 0.05) is 36.7 Å². The van der Waals surface area contributed by atoms with Gasteiger partial charge in [-0.05, 0) is 66.1 Å². The van der Waals surface area contributed by atoms with Crippen LogP contribution in [0.15, 0.2) is 60.0 Å². The van der Waals surface area contributed by atoms with Crippen molar-refractivity contribution in [1.29, 1.82) is 0 Å². The molecule has 2 aromatic carbocycles. The Morgan fingerprint density at radius 2 is 1.97 bits per heavy atom. The number of carbonyl (C=O) groups is 2. The molecule has 3 aromatic rings. The predicted molar refractivity (Wildman–Crippen MR) is 147 cm³/mol. The highest BCUT2D eigenvalue weighted by Gasteiger charge is 2.33. The number of fused-ring (bicyclic) bond motifs is 1. The van der Waals surface area contributed by atoms with Crippen LogP contribution in [0.25, 0.3) is 0 Å². The average molecular weight is 541 g/mol. The summed E-state index contributed by atoms with van der Waals surface area (Å²) in [5.41, 5.74) is 2.99. The molecule has 0 N–H and O–H groups in total. The number of rotatable bonds is 11. The molecule has 2 heterocycles. The van der Waals surface area contributed by atoms with Gasteiger partial charge in [0.2, 0.25) is 11.8 Å². The topological polar surface area (TPSA) is 59.1 Å². The van der Waals surface area contributed by atoms with E-state index in [-0.39, 0.29) is 30.8 Å². The van der Waals surface area contributed by atoms with E-state index in [9.17, 15) is 9.59 Å². The van der Waals surface area contributed by atoms with E-state index in [2.05, 4.69) is 11.4 Å². The van der Waals surface area contributed by atoms with Gasteiger partial charge < -0.3 is 19.3 Å². The van der Waals surface area contributed by atoms with Crippen molar-refractivity contribution in [3.63, 3.8) is 0 Å². The fraction of sp³-hybridized carbons (Fsp3) is 0.379. The molecule has 0 unspecified atom stereocenters. The maximum Gasteiger partial charge on any atom is 0.242 e. The number of thiophene rings is 1. The van der Waals surface area contributed by atoms with Gasteiger partial charge in [0.05, 0.1) is 19.0 Å². The summed E-state index contributed by atoms with van der Waals surface area (Å²) in [6.45, 7) is 3.89. The smallest absolute Gasteiger partial charge is 0.242 e. The van der Waals surface area contributed by atoms with Crippen LogP contribution in [0, 0.1) is 6.92 Å². The standard InChI is InChI=1S/C29H33ClN2O4S/c1-21-17-23(9-10-25(21)30)36-20-26-24-12-16-37-27(24)11-14-32(26)29(34)19-31(13-6-15-35-2)28(33)18-22-7-4-3-5-8-22/h3-5,7-10,12,16-17,26H,6,11,13-15,18-20H2,1-2H3/t26-/m0/s1. The van der Waals surface area contributed by atoms with Crippen LogP contribution in [-0.2, 0) is 27.2 Å². The fourth-order valence-corrected chi connectivity index (χ4v) is 5.63. The molecule has 1 atom stereocenters. The number of benzene rings is 2. The number of halogens is 1. The van der Waals surface area contributed by atoms with Crippen LogP contribution in [-0.4, -0.2) is 61.6 Å². The lowest BCUT2D eigenvalue weighted by Gasteiger charge is -2.37. The summed E-state index contributed by atoms with van der Waals surface area (Å²) >= 11 is 7.88. The summed E-state index contributed by atoms with van der Waals surface area (Å²) in [7, 11) is 1.64.